The van der Waals surface area contributed by atoms with Gasteiger partial charge in [0.25, 0.3) is 5.91 Å². The van der Waals surface area contributed by atoms with E-state index in [-0.39, 0.29) is 5.91 Å². The second-order valence-electron chi connectivity index (χ2n) is 8.01. The van der Waals surface area contributed by atoms with Gasteiger partial charge in [0.1, 0.15) is 0 Å². The molecule has 1 amide bonds. The summed E-state index contributed by atoms with van der Waals surface area (Å²) in [6.07, 6.45) is 2.70. The van der Waals surface area contributed by atoms with Gasteiger partial charge in [-0.05, 0) is 54.8 Å². The van der Waals surface area contributed by atoms with Crippen LogP contribution in [-0.2, 0) is 21.2 Å². The van der Waals surface area contributed by atoms with Crippen molar-refractivity contribution in [1.29, 1.82) is 0 Å². The SMILES string of the molecule is CS(=O)(=O)N1CCCc2cc(C(=O)Nc3ccc4nc(N5CCOCC5)sc4c3)ccc21. The highest BCUT2D eigenvalue weighted by atomic mass is 32.2. The van der Waals surface area contributed by atoms with Crippen LogP contribution < -0.4 is 14.5 Å². The average molecular weight is 473 g/mol. The number of carbonyl (C=O) groups is 1. The number of benzene rings is 2. The first-order chi connectivity index (χ1) is 15.4. The number of fused-ring (bicyclic) bond motifs is 2. The summed E-state index contributed by atoms with van der Waals surface area (Å²) >= 11 is 1.61. The third-order valence-corrected chi connectivity index (χ3v) is 7.99. The number of aryl methyl sites for hydroxylation is 1. The average Bonchev–Trinajstić information content (AvgIpc) is 3.22. The third kappa shape index (κ3) is 4.17. The summed E-state index contributed by atoms with van der Waals surface area (Å²) in [5.74, 6) is -0.221. The molecule has 0 spiro atoms. The Morgan fingerprint density at radius 2 is 1.94 bits per heavy atom. The number of hydrogen-bond donors (Lipinski definition) is 1. The van der Waals surface area contributed by atoms with E-state index in [1.165, 1.54) is 10.6 Å². The number of thiazole rings is 1. The topological polar surface area (TPSA) is 91.8 Å². The Morgan fingerprint density at radius 1 is 1.12 bits per heavy atom. The molecule has 10 heteroatoms. The number of nitrogens with one attached hydrogen (secondary N) is 1. The lowest BCUT2D eigenvalue weighted by molar-refractivity contribution is 0.102. The third-order valence-electron chi connectivity index (χ3n) is 5.73. The van der Waals surface area contributed by atoms with Gasteiger partial charge in [-0.25, -0.2) is 13.4 Å². The van der Waals surface area contributed by atoms with Crippen LogP contribution in [0.1, 0.15) is 22.3 Å². The molecule has 2 aliphatic rings. The summed E-state index contributed by atoms with van der Waals surface area (Å²) in [5, 5.41) is 3.93. The first-order valence-corrected chi connectivity index (χ1v) is 13.2. The van der Waals surface area contributed by atoms with Crippen LogP contribution in [0.25, 0.3) is 10.2 Å². The van der Waals surface area contributed by atoms with Crippen LogP contribution in [0.5, 0.6) is 0 Å². The molecule has 0 atom stereocenters. The molecule has 5 rings (SSSR count). The summed E-state index contributed by atoms with van der Waals surface area (Å²) in [6.45, 7) is 3.55. The number of aromatic nitrogens is 1. The zero-order valence-corrected chi connectivity index (χ0v) is 19.3. The zero-order chi connectivity index (χ0) is 22.3. The highest BCUT2D eigenvalue weighted by Gasteiger charge is 2.25. The van der Waals surface area contributed by atoms with Gasteiger partial charge in [-0.1, -0.05) is 11.3 Å². The van der Waals surface area contributed by atoms with Gasteiger partial charge in [0.2, 0.25) is 10.0 Å². The molecule has 168 valence electrons. The van der Waals surface area contributed by atoms with Gasteiger partial charge in [0.05, 0.1) is 35.4 Å². The van der Waals surface area contributed by atoms with Crippen molar-refractivity contribution in [1.82, 2.24) is 4.98 Å². The first kappa shape index (κ1) is 21.2. The van der Waals surface area contributed by atoms with Crippen molar-refractivity contribution >= 4 is 54.0 Å². The number of hydrogen-bond acceptors (Lipinski definition) is 7. The van der Waals surface area contributed by atoms with Gasteiger partial charge in [-0.2, -0.15) is 0 Å². The molecule has 1 N–H and O–H groups in total. The van der Waals surface area contributed by atoms with Gasteiger partial charge in [0.15, 0.2) is 5.13 Å². The van der Waals surface area contributed by atoms with Crippen molar-refractivity contribution in [2.75, 3.05) is 53.6 Å². The molecular formula is C22H24N4O4S2. The summed E-state index contributed by atoms with van der Waals surface area (Å²) in [7, 11) is -3.33. The quantitative estimate of drug-likeness (QED) is 0.627. The van der Waals surface area contributed by atoms with Gasteiger partial charge in [-0.3, -0.25) is 9.10 Å². The highest BCUT2D eigenvalue weighted by Crippen LogP contribution is 2.32. The van der Waals surface area contributed by atoms with Crippen molar-refractivity contribution < 1.29 is 17.9 Å². The maximum Gasteiger partial charge on any atom is 0.255 e. The van der Waals surface area contributed by atoms with E-state index in [1.54, 1.807) is 29.5 Å². The molecule has 0 saturated carbocycles. The van der Waals surface area contributed by atoms with E-state index in [0.717, 1.165) is 46.8 Å². The van der Waals surface area contributed by atoms with E-state index in [2.05, 4.69) is 10.2 Å². The fourth-order valence-electron chi connectivity index (χ4n) is 4.13. The van der Waals surface area contributed by atoms with Crippen LogP contribution in [0.3, 0.4) is 0 Å². The number of rotatable bonds is 4. The van der Waals surface area contributed by atoms with E-state index in [1.807, 2.05) is 18.2 Å². The second-order valence-corrected chi connectivity index (χ2v) is 10.9. The normalized spacial score (nSPS) is 16.8. The molecule has 0 aliphatic carbocycles. The number of nitrogens with zero attached hydrogens (tertiary/aromatic N) is 3. The Hall–Kier alpha value is -2.69. The van der Waals surface area contributed by atoms with Crippen LogP contribution in [-0.4, -0.2) is 58.4 Å². The molecule has 0 bridgehead atoms. The Labute approximate surface area is 190 Å². The minimum Gasteiger partial charge on any atom is -0.378 e. The lowest BCUT2D eigenvalue weighted by Gasteiger charge is -2.29. The van der Waals surface area contributed by atoms with Crippen molar-refractivity contribution in [2.45, 2.75) is 12.8 Å². The van der Waals surface area contributed by atoms with Crippen molar-refractivity contribution in [2.24, 2.45) is 0 Å². The van der Waals surface area contributed by atoms with E-state index in [4.69, 9.17) is 9.72 Å². The largest absolute Gasteiger partial charge is 0.378 e. The van der Waals surface area contributed by atoms with Gasteiger partial charge < -0.3 is 15.0 Å². The van der Waals surface area contributed by atoms with Crippen molar-refractivity contribution in [3.63, 3.8) is 0 Å². The Balaban J connectivity index is 1.35. The zero-order valence-electron chi connectivity index (χ0n) is 17.7. The summed E-state index contributed by atoms with van der Waals surface area (Å²) < 4.78 is 31.9. The Kier molecular flexibility index (Phi) is 5.52. The molecule has 1 aromatic heterocycles. The lowest BCUT2D eigenvalue weighted by atomic mass is 10.0. The number of amides is 1. The predicted molar refractivity (Wildman–Crippen MR) is 128 cm³/mol. The number of anilines is 3. The minimum atomic E-state index is -3.33. The van der Waals surface area contributed by atoms with Crippen LogP contribution in [0, 0.1) is 0 Å². The van der Waals surface area contributed by atoms with Crippen LogP contribution in [0.15, 0.2) is 36.4 Å². The van der Waals surface area contributed by atoms with Crippen LogP contribution >= 0.6 is 11.3 Å². The Morgan fingerprint density at radius 3 is 2.72 bits per heavy atom. The fourth-order valence-corrected chi connectivity index (χ4v) is 6.18. The molecule has 2 aromatic carbocycles. The molecular weight excluding hydrogens is 448 g/mol. The number of ether oxygens (including phenoxy) is 1. The molecule has 1 saturated heterocycles. The van der Waals surface area contributed by atoms with Crippen LogP contribution in [0.2, 0.25) is 0 Å². The van der Waals surface area contributed by atoms with Gasteiger partial charge in [-0.15, -0.1) is 0 Å². The van der Waals surface area contributed by atoms with Gasteiger partial charge in [0, 0.05) is 30.9 Å². The van der Waals surface area contributed by atoms with Crippen molar-refractivity contribution in [3.05, 3.63) is 47.5 Å². The van der Waals surface area contributed by atoms with Crippen LogP contribution in [0.4, 0.5) is 16.5 Å². The van der Waals surface area contributed by atoms with E-state index < -0.39 is 10.0 Å². The smallest absolute Gasteiger partial charge is 0.255 e. The van der Waals surface area contributed by atoms with E-state index in [9.17, 15) is 13.2 Å². The predicted octanol–water partition coefficient (Wildman–Crippen LogP) is 3.10. The standard InChI is InChI=1S/C22H24N4O4S2/c1-32(28,29)26-8-2-3-15-13-16(4-7-19(15)26)21(27)23-17-5-6-18-20(14-17)31-22(24-18)25-9-11-30-12-10-25/h4-7,13-14H,2-3,8-12H2,1H3,(H,23,27). The van der Waals surface area contributed by atoms with Crippen molar-refractivity contribution in [3.8, 4) is 0 Å². The summed E-state index contributed by atoms with van der Waals surface area (Å²) in [5.41, 5.74) is 3.66. The summed E-state index contributed by atoms with van der Waals surface area (Å²) in [6, 6.07) is 10.9. The molecule has 2 aliphatic heterocycles. The Bertz CT molecular complexity index is 1280. The monoisotopic (exact) mass is 472 g/mol. The molecule has 3 heterocycles. The maximum absolute atomic E-state index is 12.9. The van der Waals surface area contributed by atoms with Gasteiger partial charge >= 0.3 is 0 Å². The molecule has 0 unspecified atom stereocenters. The molecule has 0 radical (unpaired) electrons. The molecule has 1 fully saturated rings. The summed E-state index contributed by atoms with van der Waals surface area (Å²) in [4.78, 5) is 19.8. The first-order valence-electron chi connectivity index (χ1n) is 10.5. The number of sulfonamides is 1. The lowest BCUT2D eigenvalue weighted by Crippen LogP contribution is -2.36. The fraction of sp³-hybridized carbons (Fsp3) is 0.364. The maximum atomic E-state index is 12.9. The second kappa shape index (κ2) is 8.34. The molecule has 8 nitrogen and oxygen atoms in total. The molecule has 3 aromatic rings. The van der Waals surface area contributed by atoms with E-state index in [0.29, 0.717) is 36.7 Å². The minimum absolute atomic E-state index is 0.221. The number of morpholine rings is 1. The van der Waals surface area contributed by atoms with E-state index >= 15 is 0 Å². The molecule has 32 heavy (non-hydrogen) atoms. The number of carbonyl (C=O) groups excluding carboxylic acids is 1. The highest BCUT2D eigenvalue weighted by molar-refractivity contribution is 7.92.